The van der Waals surface area contributed by atoms with Crippen LogP contribution in [-0.4, -0.2) is 26.7 Å². The molecule has 0 aliphatic carbocycles. The van der Waals surface area contributed by atoms with Gasteiger partial charge in [0.2, 0.25) is 21.1 Å². The van der Waals surface area contributed by atoms with E-state index in [1.165, 1.54) is 0 Å². The van der Waals surface area contributed by atoms with Crippen molar-refractivity contribution in [1.29, 1.82) is 0 Å². The van der Waals surface area contributed by atoms with Crippen molar-refractivity contribution in [1.82, 2.24) is 0 Å². The molecule has 0 aliphatic heterocycles. The number of aliphatic imine (C=N–C) groups is 1. The largest absolute Gasteiger partial charge is 0.399 e. The van der Waals surface area contributed by atoms with Crippen LogP contribution < -0.4 is 31.8 Å². The van der Waals surface area contributed by atoms with Gasteiger partial charge in [0.1, 0.15) is 7.05 Å². The predicted molar refractivity (Wildman–Crippen MR) is 139 cm³/mol. The molecular formula is C24H28N7O2S+. The molecule has 10 heteroatoms. The van der Waals surface area contributed by atoms with Crippen LogP contribution >= 0.6 is 0 Å². The summed E-state index contributed by atoms with van der Waals surface area (Å²) >= 11 is 0. The van der Waals surface area contributed by atoms with E-state index >= 15 is 0 Å². The predicted octanol–water partition coefficient (Wildman–Crippen LogP) is 2.55. The van der Waals surface area contributed by atoms with Gasteiger partial charge in [0.05, 0.1) is 22.2 Å². The van der Waals surface area contributed by atoms with E-state index in [0.29, 0.717) is 17.8 Å². The molecule has 0 aliphatic rings. The SMILES string of the molecule is C[n+]1c2ccccc2c(Nc2ccc(NS(=O)(=O)CCCN=C(N)N)cc2)c2ccc(N)cc21. The number of hydrogen-bond donors (Lipinski definition) is 5. The average Bonchev–Trinajstić information content (AvgIpc) is 2.80. The summed E-state index contributed by atoms with van der Waals surface area (Å²) in [6.45, 7) is 0.258. The number of para-hydroxylation sites is 1. The Morgan fingerprint density at radius 3 is 2.35 bits per heavy atom. The van der Waals surface area contributed by atoms with Crippen molar-refractivity contribution in [3.8, 4) is 0 Å². The monoisotopic (exact) mass is 478 g/mol. The molecule has 4 rings (SSSR count). The van der Waals surface area contributed by atoms with Gasteiger partial charge in [-0.05, 0) is 48.9 Å². The number of aryl methyl sites for hydroxylation is 1. The number of hydrogen-bond acceptors (Lipinski definition) is 5. The Hall–Kier alpha value is -4.05. The first-order chi connectivity index (χ1) is 16.2. The van der Waals surface area contributed by atoms with Gasteiger partial charge in [0, 0.05) is 35.7 Å². The fourth-order valence-corrected chi connectivity index (χ4v) is 4.99. The maximum Gasteiger partial charge on any atom is 0.232 e. The van der Waals surface area contributed by atoms with Gasteiger partial charge < -0.3 is 22.5 Å². The van der Waals surface area contributed by atoms with Gasteiger partial charge in [-0.1, -0.05) is 12.1 Å². The number of aromatic nitrogens is 1. The van der Waals surface area contributed by atoms with E-state index in [0.717, 1.165) is 33.2 Å². The van der Waals surface area contributed by atoms with Gasteiger partial charge in [0.15, 0.2) is 5.96 Å². The quantitative estimate of drug-likeness (QED) is 0.0655. The lowest BCUT2D eigenvalue weighted by Crippen LogP contribution is -2.30. The second kappa shape index (κ2) is 9.44. The molecule has 1 aromatic heterocycles. The molecule has 9 nitrogen and oxygen atoms in total. The fraction of sp³-hybridized carbons (Fsp3) is 0.167. The van der Waals surface area contributed by atoms with Crippen molar-refractivity contribution >= 4 is 60.5 Å². The Bertz CT molecular complexity index is 1480. The molecule has 0 atom stereocenters. The zero-order chi connectivity index (χ0) is 24.3. The van der Waals surface area contributed by atoms with Gasteiger partial charge in [0.25, 0.3) is 0 Å². The zero-order valence-electron chi connectivity index (χ0n) is 18.8. The van der Waals surface area contributed by atoms with Gasteiger partial charge in [-0.15, -0.1) is 0 Å². The van der Waals surface area contributed by atoms with Gasteiger partial charge in [-0.25, -0.2) is 8.42 Å². The summed E-state index contributed by atoms with van der Waals surface area (Å²) in [7, 11) is -1.49. The Labute approximate surface area is 198 Å². The molecule has 0 radical (unpaired) electrons. The highest BCUT2D eigenvalue weighted by Gasteiger charge is 2.18. The Kier molecular flexibility index (Phi) is 6.42. The zero-order valence-corrected chi connectivity index (χ0v) is 19.6. The van der Waals surface area contributed by atoms with E-state index in [-0.39, 0.29) is 18.3 Å². The molecule has 0 spiro atoms. The minimum absolute atomic E-state index is 0.0513. The number of pyridine rings is 1. The van der Waals surface area contributed by atoms with Crippen molar-refractivity contribution < 1.29 is 13.0 Å². The Morgan fingerprint density at radius 2 is 1.62 bits per heavy atom. The summed E-state index contributed by atoms with van der Waals surface area (Å²) in [6.07, 6.45) is 0.322. The normalized spacial score (nSPS) is 11.4. The van der Waals surface area contributed by atoms with Gasteiger partial charge in [-0.2, -0.15) is 4.57 Å². The Morgan fingerprint density at radius 1 is 0.941 bits per heavy atom. The third-order valence-electron chi connectivity index (χ3n) is 5.48. The van der Waals surface area contributed by atoms with Crippen LogP contribution in [0.2, 0.25) is 0 Å². The number of rotatable bonds is 8. The maximum atomic E-state index is 12.3. The minimum Gasteiger partial charge on any atom is -0.399 e. The lowest BCUT2D eigenvalue weighted by molar-refractivity contribution is -0.617. The van der Waals surface area contributed by atoms with E-state index in [4.69, 9.17) is 17.2 Å². The second-order valence-corrected chi connectivity index (χ2v) is 9.85. The molecule has 0 fully saturated rings. The lowest BCUT2D eigenvalue weighted by atomic mass is 10.1. The van der Waals surface area contributed by atoms with Crippen molar-refractivity contribution in [3.05, 3.63) is 66.7 Å². The number of nitrogens with one attached hydrogen (secondary N) is 2. The standard InChI is InChI=1S/C24H27N7O2S/c1-31-21-6-3-2-5-19(21)23(20-12-7-16(25)15-22(20)31)29-17-8-10-18(11-9-17)30-34(32,33)14-4-13-28-24(26)27/h2-3,5-12,15,30H,4,13-14H2,1H3,(H6,25,26,27,28,29)/p+1. The number of nitrogens with zero attached hydrogens (tertiary/aromatic N) is 2. The number of guanidine groups is 1. The van der Waals surface area contributed by atoms with Crippen LogP contribution in [0.4, 0.5) is 22.7 Å². The van der Waals surface area contributed by atoms with Crippen LogP contribution in [0.15, 0.2) is 71.7 Å². The molecule has 0 saturated carbocycles. The van der Waals surface area contributed by atoms with Crippen molar-refractivity contribution in [2.24, 2.45) is 23.5 Å². The molecule has 0 unspecified atom stereocenters. The first kappa shape index (κ1) is 23.1. The minimum atomic E-state index is -3.51. The summed E-state index contributed by atoms with van der Waals surface area (Å²) < 4.78 is 29.4. The topological polar surface area (TPSA) is 152 Å². The third-order valence-corrected chi connectivity index (χ3v) is 6.85. The highest BCUT2D eigenvalue weighted by atomic mass is 32.2. The molecule has 0 amide bonds. The molecular weight excluding hydrogens is 450 g/mol. The average molecular weight is 479 g/mol. The Balaban J connectivity index is 1.58. The molecule has 176 valence electrons. The molecule has 1 heterocycles. The summed E-state index contributed by atoms with van der Waals surface area (Å²) in [5.74, 6) is -0.129. The van der Waals surface area contributed by atoms with Crippen molar-refractivity contribution in [2.75, 3.05) is 28.1 Å². The van der Waals surface area contributed by atoms with E-state index in [2.05, 4.69) is 31.7 Å². The summed E-state index contributed by atoms with van der Waals surface area (Å²) in [5.41, 5.74) is 21.6. The van der Waals surface area contributed by atoms with Crippen molar-refractivity contribution in [3.63, 3.8) is 0 Å². The van der Waals surface area contributed by atoms with E-state index in [9.17, 15) is 8.42 Å². The molecule has 0 saturated heterocycles. The highest BCUT2D eigenvalue weighted by molar-refractivity contribution is 7.92. The maximum absolute atomic E-state index is 12.3. The number of sulfonamides is 1. The molecule has 34 heavy (non-hydrogen) atoms. The van der Waals surface area contributed by atoms with Crippen LogP contribution in [0.5, 0.6) is 0 Å². The first-order valence-electron chi connectivity index (χ1n) is 10.8. The lowest BCUT2D eigenvalue weighted by Gasteiger charge is -2.14. The van der Waals surface area contributed by atoms with Crippen LogP contribution in [-0.2, 0) is 17.1 Å². The van der Waals surface area contributed by atoms with Crippen LogP contribution in [0.25, 0.3) is 21.8 Å². The number of fused-ring (bicyclic) bond motifs is 2. The van der Waals surface area contributed by atoms with E-state index in [1.54, 1.807) is 12.1 Å². The second-order valence-electron chi connectivity index (χ2n) is 8.01. The van der Waals surface area contributed by atoms with E-state index < -0.39 is 10.0 Å². The number of benzene rings is 3. The smallest absolute Gasteiger partial charge is 0.232 e. The summed E-state index contributed by atoms with van der Waals surface area (Å²) in [4.78, 5) is 3.80. The van der Waals surface area contributed by atoms with Crippen LogP contribution in [0.1, 0.15) is 6.42 Å². The molecule has 4 aromatic rings. The molecule has 3 aromatic carbocycles. The molecule has 8 N–H and O–H groups in total. The number of nitrogen functional groups attached to an aromatic ring is 1. The molecule has 0 bridgehead atoms. The van der Waals surface area contributed by atoms with Crippen LogP contribution in [0, 0.1) is 0 Å². The number of nitrogens with two attached hydrogens (primary N) is 3. The van der Waals surface area contributed by atoms with Gasteiger partial charge in [-0.3, -0.25) is 9.71 Å². The first-order valence-corrected chi connectivity index (χ1v) is 12.4. The van der Waals surface area contributed by atoms with E-state index in [1.807, 2.05) is 49.5 Å². The van der Waals surface area contributed by atoms with Gasteiger partial charge >= 0.3 is 0 Å². The van der Waals surface area contributed by atoms with Crippen LogP contribution in [0.3, 0.4) is 0 Å². The fourth-order valence-electron chi connectivity index (χ4n) is 3.88. The highest BCUT2D eigenvalue weighted by Crippen LogP contribution is 2.33. The van der Waals surface area contributed by atoms with Crippen molar-refractivity contribution in [2.45, 2.75) is 6.42 Å². The number of anilines is 4. The summed E-state index contributed by atoms with van der Waals surface area (Å²) in [6, 6.07) is 21.1. The third kappa shape index (κ3) is 5.12. The summed E-state index contributed by atoms with van der Waals surface area (Å²) in [5, 5.41) is 5.60.